The van der Waals surface area contributed by atoms with E-state index in [2.05, 4.69) is 27.3 Å². The number of ether oxygens (including phenoxy) is 1. The molecule has 1 aliphatic rings. The van der Waals surface area contributed by atoms with Gasteiger partial charge in [-0.25, -0.2) is 0 Å². The highest BCUT2D eigenvalue weighted by atomic mass is 79.9. The molecule has 5 nitrogen and oxygen atoms in total. The van der Waals surface area contributed by atoms with Crippen LogP contribution in [0.25, 0.3) is 0 Å². The summed E-state index contributed by atoms with van der Waals surface area (Å²) in [6, 6.07) is 14.1. The average molecular weight is 417 g/mol. The summed E-state index contributed by atoms with van der Waals surface area (Å²) in [4.78, 5) is 24.4. The normalized spacial score (nSPS) is 17.2. The Morgan fingerprint density at radius 2 is 1.92 bits per heavy atom. The van der Waals surface area contributed by atoms with Gasteiger partial charge < -0.3 is 10.5 Å². The minimum absolute atomic E-state index is 0.0610. The van der Waals surface area contributed by atoms with E-state index in [1.54, 1.807) is 12.1 Å². The van der Waals surface area contributed by atoms with Crippen molar-refractivity contribution in [3.05, 3.63) is 64.1 Å². The van der Waals surface area contributed by atoms with Gasteiger partial charge in [-0.3, -0.25) is 14.9 Å². The lowest BCUT2D eigenvalue weighted by Crippen LogP contribution is -2.50. The van der Waals surface area contributed by atoms with E-state index in [1.807, 2.05) is 30.3 Å². The van der Waals surface area contributed by atoms with Crippen LogP contribution < -0.4 is 15.8 Å². The number of fused-ring (bicyclic) bond motifs is 1. The van der Waals surface area contributed by atoms with Crippen LogP contribution in [0.1, 0.15) is 30.0 Å². The summed E-state index contributed by atoms with van der Waals surface area (Å²) in [5.41, 5.74) is 7.86. The largest absolute Gasteiger partial charge is 0.486 e. The van der Waals surface area contributed by atoms with Crippen LogP contribution in [-0.4, -0.2) is 24.3 Å². The van der Waals surface area contributed by atoms with Gasteiger partial charge in [0.25, 0.3) is 0 Å². The Labute approximate surface area is 161 Å². The van der Waals surface area contributed by atoms with Crippen molar-refractivity contribution in [2.75, 3.05) is 6.61 Å². The number of halogens is 1. The number of rotatable bonds is 7. The van der Waals surface area contributed by atoms with Gasteiger partial charge in [-0.2, -0.15) is 0 Å². The lowest BCUT2D eigenvalue weighted by atomic mass is 9.87. The zero-order valence-corrected chi connectivity index (χ0v) is 15.9. The minimum atomic E-state index is -1.07. The average Bonchev–Trinajstić information content (AvgIpc) is 2.65. The number of benzene rings is 2. The minimum Gasteiger partial charge on any atom is -0.486 e. The fourth-order valence-corrected chi connectivity index (χ4v) is 3.49. The molecule has 0 saturated carbocycles. The molecule has 0 spiro atoms. The zero-order chi connectivity index (χ0) is 18.5. The molecule has 0 aromatic heterocycles. The molecule has 2 atom stereocenters. The summed E-state index contributed by atoms with van der Waals surface area (Å²) in [6.07, 6.45) is 2.88. The molecule has 0 aliphatic heterocycles. The van der Waals surface area contributed by atoms with E-state index in [4.69, 9.17) is 10.5 Å². The highest BCUT2D eigenvalue weighted by Crippen LogP contribution is 2.29. The van der Waals surface area contributed by atoms with Crippen LogP contribution >= 0.6 is 15.9 Å². The Hall–Kier alpha value is -2.18. The second kappa shape index (κ2) is 8.47. The van der Waals surface area contributed by atoms with Crippen LogP contribution in [0.15, 0.2) is 53.0 Å². The molecule has 0 saturated heterocycles. The highest BCUT2D eigenvalue weighted by molar-refractivity contribution is 9.10. The van der Waals surface area contributed by atoms with E-state index >= 15 is 0 Å². The van der Waals surface area contributed by atoms with Crippen LogP contribution in [0.2, 0.25) is 0 Å². The molecule has 136 valence electrons. The fourth-order valence-electron chi connectivity index (χ4n) is 3.23. The maximum atomic E-state index is 12.5. The predicted molar refractivity (Wildman–Crippen MR) is 103 cm³/mol. The summed E-state index contributed by atoms with van der Waals surface area (Å²) in [5, 5.41) is 3.15. The van der Waals surface area contributed by atoms with E-state index in [0.717, 1.165) is 29.3 Å². The summed E-state index contributed by atoms with van der Waals surface area (Å²) >= 11 is 3.34. The smallest absolute Gasteiger partial charge is 0.242 e. The number of ketones is 1. The van der Waals surface area contributed by atoms with Crippen molar-refractivity contribution in [1.82, 2.24) is 5.32 Å². The third-order valence-electron chi connectivity index (χ3n) is 4.54. The van der Waals surface area contributed by atoms with Crippen molar-refractivity contribution in [3.8, 4) is 5.75 Å². The van der Waals surface area contributed by atoms with Gasteiger partial charge in [0.2, 0.25) is 5.91 Å². The molecule has 1 amide bonds. The first kappa shape index (κ1) is 18.6. The molecule has 2 aromatic rings. The maximum Gasteiger partial charge on any atom is 0.242 e. The Balaban J connectivity index is 1.66. The molecule has 2 unspecified atom stereocenters. The Morgan fingerprint density at radius 3 is 2.65 bits per heavy atom. The van der Waals surface area contributed by atoms with Crippen molar-refractivity contribution in [2.45, 2.75) is 31.3 Å². The quantitative estimate of drug-likeness (QED) is 0.679. The van der Waals surface area contributed by atoms with Crippen LogP contribution in [0.3, 0.4) is 0 Å². The topological polar surface area (TPSA) is 81.4 Å². The molecular formula is C20H21BrN2O3. The van der Waals surface area contributed by atoms with Gasteiger partial charge in [0, 0.05) is 10.5 Å². The Kier molecular flexibility index (Phi) is 6.06. The monoisotopic (exact) mass is 416 g/mol. The second-order valence-electron chi connectivity index (χ2n) is 6.35. The molecule has 0 fully saturated rings. The molecule has 26 heavy (non-hydrogen) atoms. The first-order chi connectivity index (χ1) is 12.5. The van der Waals surface area contributed by atoms with Crippen LogP contribution in [0.4, 0.5) is 0 Å². The van der Waals surface area contributed by atoms with Crippen LogP contribution in [-0.2, 0) is 16.0 Å². The molecule has 1 aliphatic carbocycles. The Morgan fingerprint density at radius 1 is 1.19 bits per heavy atom. The number of aryl methyl sites for hydroxylation is 1. The molecule has 2 aromatic carbocycles. The third kappa shape index (κ3) is 4.51. The van der Waals surface area contributed by atoms with Gasteiger partial charge in [-0.15, -0.1) is 0 Å². The molecule has 6 heteroatoms. The number of hydrogen-bond acceptors (Lipinski definition) is 4. The molecule has 3 rings (SSSR count). The lowest BCUT2D eigenvalue weighted by Gasteiger charge is -2.29. The van der Waals surface area contributed by atoms with Crippen molar-refractivity contribution >= 4 is 27.6 Å². The zero-order valence-electron chi connectivity index (χ0n) is 14.3. The van der Waals surface area contributed by atoms with Crippen molar-refractivity contribution in [2.24, 2.45) is 5.73 Å². The summed E-state index contributed by atoms with van der Waals surface area (Å²) in [6.45, 7) is -0.212. The van der Waals surface area contributed by atoms with Crippen molar-refractivity contribution in [3.63, 3.8) is 0 Å². The number of amides is 1. The number of Topliss-reactive ketones (excluding diaryl/α,β-unsaturated/α-hetero) is 1. The summed E-state index contributed by atoms with van der Waals surface area (Å²) < 4.78 is 6.41. The van der Waals surface area contributed by atoms with Gasteiger partial charge in [0.05, 0.1) is 0 Å². The lowest BCUT2D eigenvalue weighted by molar-refractivity contribution is -0.131. The van der Waals surface area contributed by atoms with Crippen molar-refractivity contribution in [1.29, 1.82) is 0 Å². The SMILES string of the molecule is NC(=O)C(NC1CCCc2ccccc21)C(=O)COc1ccc(Br)cc1. The number of nitrogens with two attached hydrogens (primary N) is 1. The van der Waals surface area contributed by atoms with Gasteiger partial charge in [-0.1, -0.05) is 40.2 Å². The highest BCUT2D eigenvalue weighted by Gasteiger charge is 2.30. The Bertz CT molecular complexity index is 792. The van der Waals surface area contributed by atoms with Crippen LogP contribution in [0.5, 0.6) is 5.75 Å². The van der Waals surface area contributed by atoms with Crippen molar-refractivity contribution < 1.29 is 14.3 Å². The maximum absolute atomic E-state index is 12.5. The first-order valence-corrected chi connectivity index (χ1v) is 9.38. The standard InChI is InChI=1S/C20H21BrN2O3/c21-14-8-10-15(11-9-14)26-12-18(24)19(20(22)25)23-17-7-3-5-13-4-1-2-6-16(13)17/h1-2,4,6,8-11,17,19,23H,3,5,7,12H2,(H2,22,25). The van der Waals surface area contributed by atoms with E-state index in [-0.39, 0.29) is 18.4 Å². The molecule has 0 bridgehead atoms. The third-order valence-corrected chi connectivity index (χ3v) is 5.07. The van der Waals surface area contributed by atoms with E-state index in [9.17, 15) is 9.59 Å². The van der Waals surface area contributed by atoms with Gasteiger partial charge in [0.15, 0.2) is 5.78 Å². The molecule has 3 N–H and O–H groups in total. The molecular weight excluding hydrogens is 396 g/mol. The number of nitrogens with one attached hydrogen (secondary N) is 1. The van der Waals surface area contributed by atoms with Gasteiger partial charge in [-0.05, 0) is 54.7 Å². The number of carbonyl (C=O) groups is 2. The van der Waals surface area contributed by atoms with E-state index in [0.29, 0.717) is 5.75 Å². The number of carbonyl (C=O) groups excluding carboxylic acids is 2. The summed E-state index contributed by atoms with van der Waals surface area (Å²) in [5.74, 6) is -0.492. The molecule has 0 heterocycles. The number of hydrogen-bond donors (Lipinski definition) is 2. The first-order valence-electron chi connectivity index (χ1n) is 8.59. The second-order valence-corrected chi connectivity index (χ2v) is 7.27. The molecule has 0 radical (unpaired) electrons. The number of primary amides is 1. The van der Waals surface area contributed by atoms with E-state index < -0.39 is 11.9 Å². The summed E-state index contributed by atoms with van der Waals surface area (Å²) in [7, 11) is 0. The predicted octanol–water partition coefficient (Wildman–Crippen LogP) is 2.92. The van der Waals surface area contributed by atoms with Gasteiger partial charge >= 0.3 is 0 Å². The van der Waals surface area contributed by atoms with Crippen LogP contribution in [0, 0.1) is 0 Å². The fraction of sp³-hybridized carbons (Fsp3) is 0.300. The van der Waals surface area contributed by atoms with E-state index in [1.165, 1.54) is 5.56 Å². The van der Waals surface area contributed by atoms with Gasteiger partial charge in [0.1, 0.15) is 18.4 Å².